The van der Waals surface area contributed by atoms with Gasteiger partial charge in [0.1, 0.15) is 0 Å². The summed E-state index contributed by atoms with van der Waals surface area (Å²) in [4.78, 5) is 0. The van der Waals surface area contributed by atoms with Crippen LogP contribution in [0.2, 0.25) is 0 Å². The molecule has 0 saturated heterocycles. The second kappa shape index (κ2) is 11.4. The van der Waals surface area contributed by atoms with Gasteiger partial charge < -0.3 is 18.9 Å². The summed E-state index contributed by atoms with van der Waals surface area (Å²) >= 11 is 0. The van der Waals surface area contributed by atoms with Gasteiger partial charge in [-0.2, -0.15) is 0 Å². The lowest BCUT2D eigenvalue weighted by Crippen LogP contribution is -2.22. The fourth-order valence-electron chi connectivity index (χ4n) is 1.65. The van der Waals surface area contributed by atoms with Crippen LogP contribution in [0.1, 0.15) is 54.4 Å². The molecule has 0 aliphatic rings. The maximum absolute atomic E-state index is 5.55. The van der Waals surface area contributed by atoms with Crippen LogP contribution in [0, 0.1) is 5.41 Å². The molecule has 0 unspecified atom stereocenters. The summed E-state index contributed by atoms with van der Waals surface area (Å²) in [6, 6.07) is 0. The Morgan fingerprint density at radius 1 is 0.571 bits per heavy atom. The predicted molar refractivity (Wildman–Crippen MR) is 86.9 cm³/mol. The van der Waals surface area contributed by atoms with Gasteiger partial charge in [-0.1, -0.05) is 20.8 Å². The first kappa shape index (κ1) is 20.8. The highest BCUT2D eigenvalue weighted by Gasteiger charge is 2.09. The fraction of sp³-hybridized carbons (Fsp3) is 1.00. The highest BCUT2D eigenvalue weighted by molar-refractivity contribution is 4.60. The van der Waals surface area contributed by atoms with Gasteiger partial charge in [-0.05, 0) is 39.0 Å². The summed E-state index contributed by atoms with van der Waals surface area (Å²) < 4.78 is 21.9. The minimum Gasteiger partial charge on any atom is -0.379 e. The van der Waals surface area contributed by atoms with Crippen molar-refractivity contribution in [1.82, 2.24) is 0 Å². The quantitative estimate of drug-likeness (QED) is 0.515. The average Bonchev–Trinajstić information content (AvgIpc) is 2.32. The number of ether oxygens (including phenoxy) is 4. The van der Waals surface area contributed by atoms with Crippen LogP contribution in [-0.2, 0) is 18.9 Å². The number of hydrogen-bond donors (Lipinski definition) is 0. The first-order chi connectivity index (χ1) is 9.71. The molecule has 0 rings (SSSR count). The lowest BCUT2D eigenvalue weighted by molar-refractivity contribution is -0.0451. The summed E-state index contributed by atoms with van der Waals surface area (Å²) in [6.07, 6.45) is 2.30. The lowest BCUT2D eigenvalue weighted by Gasteiger charge is -2.19. The third-order valence-electron chi connectivity index (χ3n) is 2.72. The van der Waals surface area contributed by atoms with Crippen molar-refractivity contribution in [3.63, 3.8) is 0 Å². The van der Waals surface area contributed by atoms with Crippen LogP contribution in [-0.4, -0.2) is 51.8 Å². The van der Waals surface area contributed by atoms with Gasteiger partial charge in [0.2, 0.25) is 0 Å². The van der Waals surface area contributed by atoms with Crippen LogP contribution in [0.4, 0.5) is 0 Å². The molecule has 0 amide bonds. The van der Waals surface area contributed by atoms with Crippen LogP contribution < -0.4 is 0 Å². The predicted octanol–water partition coefficient (Wildman–Crippen LogP) is 3.68. The van der Waals surface area contributed by atoms with E-state index in [1.807, 2.05) is 20.8 Å². The third-order valence-corrected chi connectivity index (χ3v) is 2.72. The van der Waals surface area contributed by atoms with Crippen molar-refractivity contribution in [3.8, 4) is 0 Å². The molecule has 0 aromatic carbocycles. The van der Waals surface area contributed by atoms with Gasteiger partial charge in [0, 0.05) is 6.61 Å². The van der Waals surface area contributed by atoms with Crippen molar-refractivity contribution >= 4 is 0 Å². The minimum absolute atomic E-state index is 0.0931. The molecule has 21 heavy (non-hydrogen) atoms. The van der Waals surface area contributed by atoms with Crippen molar-refractivity contribution in [2.45, 2.75) is 60.0 Å². The van der Waals surface area contributed by atoms with Gasteiger partial charge in [0.25, 0.3) is 0 Å². The normalized spacial score (nSPS) is 12.9. The van der Waals surface area contributed by atoms with E-state index in [4.69, 9.17) is 18.9 Å². The molecule has 0 heterocycles. The summed E-state index contributed by atoms with van der Waals surface area (Å²) in [5.41, 5.74) is 0.304. The standard InChI is InChI=1S/C17H36O4/c1-16(2,3)8-7-9-18-10-11-19-12-13-20-14-15-21-17(4,5)6/h7-15H2,1-6H3. The summed E-state index contributed by atoms with van der Waals surface area (Å²) in [7, 11) is 0. The van der Waals surface area contributed by atoms with Crippen molar-refractivity contribution in [2.75, 3.05) is 46.2 Å². The van der Waals surface area contributed by atoms with E-state index in [9.17, 15) is 0 Å². The van der Waals surface area contributed by atoms with E-state index in [0.717, 1.165) is 13.0 Å². The van der Waals surface area contributed by atoms with Gasteiger partial charge >= 0.3 is 0 Å². The molecule has 0 spiro atoms. The zero-order chi connectivity index (χ0) is 16.2. The van der Waals surface area contributed by atoms with Crippen molar-refractivity contribution < 1.29 is 18.9 Å². The van der Waals surface area contributed by atoms with Crippen LogP contribution in [0.15, 0.2) is 0 Å². The molecule has 0 aromatic heterocycles. The van der Waals surface area contributed by atoms with Crippen LogP contribution in [0.3, 0.4) is 0 Å². The van der Waals surface area contributed by atoms with E-state index >= 15 is 0 Å². The molecule has 0 aliphatic carbocycles. The Balaban J connectivity index is 3.10. The monoisotopic (exact) mass is 304 g/mol. The van der Waals surface area contributed by atoms with E-state index in [0.29, 0.717) is 45.1 Å². The Morgan fingerprint density at radius 2 is 1.00 bits per heavy atom. The van der Waals surface area contributed by atoms with Crippen molar-refractivity contribution in [2.24, 2.45) is 5.41 Å². The lowest BCUT2D eigenvalue weighted by atomic mass is 9.91. The zero-order valence-electron chi connectivity index (χ0n) is 15.0. The van der Waals surface area contributed by atoms with E-state index in [1.165, 1.54) is 6.42 Å². The summed E-state index contributed by atoms with van der Waals surface area (Å²) in [6.45, 7) is 17.5. The topological polar surface area (TPSA) is 36.9 Å². The molecule has 0 N–H and O–H groups in total. The van der Waals surface area contributed by atoms with Gasteiger partial charge in [-0.25, -0.2) is 0 Å². The molecule has 4 heteroatoms. The smallest absolute Gasteiger partial charge is 0.0707 e. The molecular weight excluding hydrogens is 268 g/mol. The molecule has 0 radical (unpaired) electrons. The van der Waals surface area contributed by atoms with E-state index < -0.39 is 0 Å². The Bertz CT molecular complexity index is 204. The van der Waals surface area contributed by atoms with Crippen LogP contribution in [0.5, 0.6) is 0 Å². The minimum atomic E-state index is -0.0931. The Morgan fingerprint density at radius 3 is 1.43 bits per heavy atom. The number of hydrogen-bond acceptors (Lipinski definition) is 4. The maximum Gasteiger partial charge on any atom is 0.0707 e. The SMILES string of the molecule is CC(C)(C)CCCOCCOCCOCCOC(C)(C)C. The van der Waals surface area contributed by atoms with E-state index in [1.54, 1.807) is 0 Å². The second-order valence-corrected chi connectivity index (χ2v) is 7.46. The zero-order valence-corrected chi connectivity index (χ0v) is 15.0. The Kier molecular flexibility index (Phi) is 11.3. The maximum atomic E-state index is 5.55. The third kappa shape index (κ3) is 19.8. The molecule has 0 atom stereocenters. The van der Waals surface area contributed by atoms with Crippen LogP contribution >= 0.6 is 0 Å². The van der Waals surface area contributed by atoms with E-state index in [2.05, 4.69) is 20.8 Å². The molecule has 0 aromatic rings. The van der Waals surface area contributed by atoms with Gasteiger partial charge in [-0.3, -0.25) is 0 Å². The van der Waals surface area contributed by atoms with Crippen molar-refractivity contribution in [3.05, 3.63) is 0 Å². The molecule has 0 fully saturated rings. The molecule has 0 aliphatic heterocycles. The molecule has 0 saturated carbocycles. The second-order valence-electron chi connectivity index (χ2n) is 7.46. The van der Waals surface area contributed by atoms with Crippen LogP contribution in [0.25, 0.3) is 0 Å². The highest BCUT2D eigenvalue weighted by atomic mass is 16.6. The van der Waals surface area contributed by atoms with Gasteiger partial charge in [-0.15, -0.1) is 0 Å². The fourth-order valence-corrected chi connectivity index (χ4v) is 1.65. The molecule has 4 nitrogen and oxygen atoms in total. The first-order valence-electron chi connectivity index (χ1n) is 8.08. The molecular formula is C17H36O4. The first-order valence-corrected chi connectivity index (χ1v) is 8.08. The Labute approximate surface area is 131 Å². The summed E-state index contributed by atoms with van der Waals surface area (Å²) in [5.74, 6) is 0. The highest BCUT2D eigenvalue weighted by Crippen LogP contribution is 2.20. The van der Waals surface area contributed by atoms with Gasteiger partial charge in [0.05, 0.1) is 45.2 Å². The van der Waals surface area contributed by atoms with E-state index in [-0.39, 0.29) is 5.60 Å². The molecule has 0 bridgehead atoms. The largest absolute Gasteiger partial charge is 0.379 e. The van der Waals surface area contributed by atoms with Gasteiger partial charge in [0.15, 0.2) is 0 Å². The average molecular weight is 304 g/mol. The summed E-state index contributed by atoms with van der Waals surface area (Å²) in [5, 5.41) is 0. The molecule has 128 valence electrons. The number of rotatable bonds is 12. The Hall–Kier alpha value is -0.160. The van der Waals surface area contributed by atoms with Crippen molar-refractivity contribution in [1.29, 1.82) is 0 Å².